The normalized spacial score (nSPS) is 18.4. The molecule has 1 aliphatic heterocycles. The summed E-state index contributed by atoms with van der Waals surface area (Å²) in [6.07, 6.45) is 2.43. The van der Waals surface area contributed by atoms with E-state index in [0.29, 0.717) is 6.10 Å². The lowest BCUT2D eigenvalue weighted by Gasteiger charge is -2.05. The van der Waals surface area contributed by atoms with Crippen LogP contribution in [0.1, 0.15) is 31.7 Å². The van der Waals surface area contributed by atoms with Gasteiger partial charge < -0.3 is 9.30 Å². The van der Waals surface area contributed by atoms with Crippen LogP contribution in [0.15, 0.2) is 12.1 Å². The molecule has 0 fully saturated rings. The first-order valence-corrected chi connectivity index (χ1v) is 6.40. The number of rotatable bonds is 2. The topological polar surface area (TPSA) is 27.1 Å². The molecule has 17 heavy (non-hydrogen) atoms. The highest BCUT2D eigenvalue weighted by Gasteiger charge is 2.25. The third kappa shape index (κ3) is 1.45. The number of aromatic nitrogens is 2. The lowest BCUT2D eigenvalue weighted by Crippen LogP contribution is -2.10. The molecule has 0 spiro atoms. The Kier molecular flexibility index (Phi) is 2.35. The average molecular weight is 230 g/mol. The Hall–Kier alpha value is -1.51. The molecule has 0 radical (unpaired) electrons. The molecule has 1 aromatic carbocycles. The van der Waals surface area contributed by atoms with Gasteiger partial charge in [-0.15, -0.1) is 0 Å². The number of fused-ring (bicyclic) bond motifs is 3. The van der Waals surface area contributed by atoms with E-state index in [1.807, 2.05) is 0 Å². The lowest BCUT2D eigenvalue weighted by atomic mass is 10.1. The van der Waals surface area contributed by atoms with E-state index in [2.05, 4.69) is 42.5 Å². The summed E-state index contributed by atoms with van der Waals surface area (Å²) in [5.41, 5.74) is 3.72. The van der Waals surface area contributed by atoms with Gasteiger partial charge in [0.2, 0.25) is 0 Å². The molecule has 1 unspecified atom stereocenters. The van der Waals surface area contributed by atoms with Crippen molar-refractivity contribution in [3.8, 4) is 5.75 Å². The molecule has 3 nitrogen and oxygen atoms in total. The number of aryl methyl sites for hydroxylation is 2. The summed E-state index contributed by atoms with van der Waals surface area (Å²) in [6, 6.07) is 4.14. The zero-order valence-electron chi connectivity index (χ0n) is 10.7. The van der Waals surface area contributed by atoms with Gasteiger partial charge in [0.25, 0.3) is 0 Å². The fourth-order valence-electron chi connectivity index (χ4n) is 2.76. The highest BCUT2D eigenvalue weighted by atomic mass is 16.5. The maximum Gasteiger partial charge on any atom is 0.125 e. The maximum absolute atomic E-state index is 5.93. The minimum Gasteiger partial charge on any atom is -0.490 e. The fraction of sp³-hybridized carbons (Fsp3) is 0.500. The molecular formula is C14H18N2O. The van der Waals surface area contributed by atoms with Crippen LogP contribution in [-0.2, 0) is 13.0 Å². The molecule has 3 heteroatoms. The molecule has 1 atom stereocenters. The fourth-order valence-corrected chi connectivity index (χ4v) is 2.76. The number of imidazole rings is 1. The van der Waals surface area contributed by atoms with Crippen LogP contribution in [0.25, 0.3) is 11.0 Å². The van der Waals surface area contributed by atoms with Gasteiger partial charge in [-0.3, -0.25) is 0 Å². The Bertz CT molecular complexity index is 571. The van der Waals surface area contributed by atoms with Gasteiger partial charge in [0.1, 0.15) is 17.7 Å². The largest absolute Gasteiger partial charge is 0.490 e. The molecule has 0 bridgehead atoms. The van der Waals surface area contributed by atoms with Crippen molar-refractivity contribution in [3.05, 3.63) is 23.5 Å². The van der Waals surface area contributed by atoms with Crippen molar-refractivity contribution >= 4 is 11.0 Å². The lowest BCUT2D eigenvalue weighted by molar-refractivity contribution is 0.228. The summed E-state index contributed by atoms with van der Waals surface area (Å²) in [7, 11) is 0. The Morgan fingerprint density at radius 3 is 2.94 bits per heavy atom. The third-order valence-corrected chi connectivity index (χ3v) is 3.66. The predicted molar refractivity (Wildman–Crippen MR) is 68.6 cm³/mol. The van der Waals surface area contributed by atoms with E-state index in [9.17, 15) is 0 Å². The molecule has 2 aromatic rings. The molecule has 0 amide bonds. The van der Waals surface area contributed by atoms with Gasteiger partial charge in [-0.05, 0) is 32.4 Å². The van der Waals surface area contributed by atoms with Crippen molar-refractivity contribution in [2.24, 2.45) is 0 Å². The summed E-state index contributed by atoms with van der Waals surface area (Å²) < 4.78 is 8.22. The van der Waals surface area contributed by atoms with Gasteiger partial charge in [-0.1, -0.05) is 6.92 Å². The first-order valence-electron chi connectivity index (χ1n) is 6.40. The Morgan fingerprint density at radius 2 is 2.24 bits per heavy atom. The van der Waals surface area contributed by atoms with Gasteiger partial charge in [-0.25, -0.2) is 4.98 Å². The summed E-state index contributed by atoms with van der Waals surface area (Å²) in [5, 5.41) is 0. The standard InChI is InChI=1S/C14H18N2O/c1-4-10-8-11-13(17-10)7-6-12-14(11)16(5-2)9(3)15-12/h6-7,10H,4-5,8H2,1-3H3. The summed E-state index contributed by atoms with van der Waals surface area (Å²) in [4.78, 5) is 4.62. The molecule has 90 valence electrons. The molecule has 0 saturated carbocycles. The molecular weight excluding hydrogens is 212 g/mol. The van der Waals surface area contributed by atoms with Crippen LogP contribution in [0.4, 0.5) is 0 Å². The van der Waals surface area contributed by atoms with Crippen LogP contribution < -0.4 is 4.74 Å². The van der Waals surface area contributed by atoms with Gasteiger partial charge >= 0.3 is 0 Å². The number of hydrogen-bond donors (Lipinski definition) is 0. The molecule has 0 N–H and O–H groups in total. The summed E-state index contributed by atoms with van der Waals surface area (Å²) in [5.74, 6) is 2.15. The summed E-state index contributed by atoms with van der Waals surface area (Å²) >= 11 is 0. The number of ether oxygens (including phenoxy) is 1. The van der Waals surface area contributed by atoms with Crippen LogP contribution in [0, 0.1) is 6.92 Å². The van der Waals surface area contributed by atoms with Crippen LogP contribution in [0.2, 0.25) is 0 Å². The van der Waals surface area contributed by atoms with Crippen molar-refractivity contribution in [2.45, 2.75) is 46.3 Å². The van der Waals surface area contributed by atoms with Crippen molar-refractivity contribution in [1.82, 2.24) is 9.55 Å². The van der Waals surface area contributed by atoms with E-state index in [0.717, 1.165) is 36.5 Å². The van der Waals surface area contributed by atoms with Crippen LogP contribution in [-0.4, -0.2) is 15.7 Å². The second-order valence-corrected chi connectivity index (χ2v) is 4.67. The molecule has 3 rings (SSSR count). The number of hydrogen-bond acceptors (Lipinski definition) is 2. The molecule has 0 aliphatic carbocycles. The highest BCUT2D eigenvalue weighted by Crippen LogP contribution is 2.36. The minimum atomic E-state index is 0.344. The van der Waals surface area contributed by atoms with E-state index in [1.165, 1.54) is 11.1 Å². The van der Waals surface area contributed by atoms with Gasteiger partial charge in [0.05, 0.1) is 11.0 Å². The van der Waals surface area contributed by atoms with Crippen molar-refractivity contribution in [3.63, 3.8) is 0 Å². The Morgan fingerprint density at radius 1 is 1.41 bits per heavy atom. The maximum atomic E-state index is 5.93. The van der Waals surface area contributed by atoms with E-state index in [-0.39, 0.29) is 0 Å². The molecule has 2 heterocycles. The Labute approximate surface area is 101 Å². The van der Waals surface area contributed by atoms with E-state index >= 15 is 0 Å². The van der Waals surface area contributed by atoms with E-state index < -0.39 is 0 Å². The van der Waals surface area contributed by atoms with E-state index in [1.54, 1.807) is 0 Å². The molecule has 1 aliphatic rings. The first-order chi connectivity index (χ1) is 8.24. The number of benzene rings is 1. The smallest absolute Gasteiger partial charge is 0.125 e. The second kappa shape index (κ2) is 3.76. The van der Waals surface area contributed by atoms with Gasteiger partial charge in [0.15, 0.2) is 0 Å². The first kappa shape index (κ1) is 10.6. The Balaban J connectivity index is 2.25. The van der Waals surface area contributed by atoms with Gasteiger partial charge in [0, 0.05) is 18.5 Å². The van der Waals surface area contributed by atoms with Crippen molar-refractivity contribution in [1.29, 1.82) is 0 Å². The van der Waals surface area contributed by atoms with Crippen LogP contribution >= 0.6 is 0 Å². The van der Waals surface area contributed by atoms with Gasteiger partial charge in [-0.2, -0.15) is 0 Å². The minimum absolute atomic E-state index is 0.344. The van der Waals surface area contributed by atoms with E-state index in [4.69, 9.17) is 4.74 Å². The zero-order valence-corrected chi connectivity index (χ0v) is 10.7. The summed E-state index contributed by atoms with van der Waals surface area (Å²) in [6.45, 7) is 7.38. The predicted octanol–water partition coefficient (Wildman–Crippen LogP) is 3.08. The molecule has 0 saturated heterocycles. The van der Waals surface area contributed by atoms with Crippen molar-refractivity contribution in [2.75, 3.05) is 0 Å². The third-order valence-electron chi connectivity index (χ3n) is 3.66. The SMILES string of the molecule is CCC1Cc2c(ccc3nc(C)n(CC)c23)O1. The quantitative estimate of drug-likeness (QED) is 0.792. The second-order valence-electron chi connectivity index (χ2n) is 4.67. The highest BCUT2D eigenvalue weighted by molar-refractivity contribution is 5.83. The van der Waals surface area contributed by atoms with Crippen LogP contribution in [0.3, 0.4) is 0 Å². The molecule has 1 aromatic heterocycles. The zero-order chi connectivity index (χ0) is 12.0. The number of nitrogens with zero attached hydrogens (tertiary/aromatic N) is 2. The average Bonchev–Trinajstić information content (AvgIpc) is 2.87. The van der Waals surface area contributed by atoms with Crippen LogP contribution in [0.5, 0.6) is 5.75 Å². The van der Waals surface area contributed by atoms with Crippen molar-refractivity contribution < 1.29 is 4.74 Å². The monoisotopic (exact) mass is 230 g/mol.